The summed E-state index contributed by atoms with van der Waals surface area (Å²) in [7, 11) is 0. The SMILES string of the molecule is CC(C)C(=O)Nc1ccc2[nH]cc([C@@H](C(=O)O)N3C[C@H](C)C[C@H](C)C3)c2c1. The lowest BCUT2D eigenvalue weighted by Gasteiger charge is -2.38. The van der Waals surface area contributed by atoms with Crippen LogP contribution < -0.4 is 5.32 Å². The second kappa shape index (κ2) is 7.72. The van der Waals surface area contributed by atoms with Crippen LogP contribution in [-0.4, -0.2) is 40.0 Å². The number of hydrogen-bond donors (Lipinski definition) is 3. The van der Waals surface area contributed by atoms with E-state index in [9.17, 15) is 14.7 Å². The summed E-state index contributed by atoms with van der Waals surface area (Å²) in [6, 6.07) is 4.90. The number of amides is 1. The molecule has 1 aromatic heterocycles. The van der Waals surface area contributed by atoms with Crippen molar-refractivity contribution in [3.8, 4) is 0 Å². The Kier molecular flexibility index (Phi) is 5.56. The van der Waals surface area contributed by atoms with Crippen molar-refractivity contribution < 1.29 is 14.7 Å². The monoisotopic (exact) mass is 371 g/mol. The summed E-state index contributed by atoms with van der Waals surface area (Å²) in [4.78, 5) is 29.5. The van der Waals surface area contributed by atoms with Crippen LogP contribution >= 0.6 is 0 Å². The molecule has 0 radical (unpaired) electrons. The number of nitrogens with zero attached hydrogens (tertiary/aromatic N) is 1. The van der Waals surface area contributed by atoms with Crippen LogP contribution in [0.15, 0.2) is 24.4 Å². The highest BCUT2D eigenvalue weighted by Gasteiger charge is 2.34. The zero-order valence-corrected chi connectivity index (χ0v) is 16.5. The van der Waals surface area contributed by atoms with Gasteiger partial charge in [-0.2, -0.15) is 0 Å². The minimum absolute atomic E-state index is 0.0556. The minimum Gasteiger partial charge on any atom is -0.480 e. The van der Waals surface area contributed by atoms with Gasteiger partial charge in [-0.25, -0.2) is 0 Å². The van der Waals surface area contributed by atoms with Gasteiger partial charge in [-0.3, -0.25) is 14.5 Å². The highest BCUT2D eigenvalue weighted by molar-refractivity contribution is 5.96. The molecule has 1 fully saturated rings. The summed E-state index contributed by atoms with van der Waals surface area (Å²) < 4.78 is 0. The maximum absolute atomic E-state index is 12.2. The number of aliphatic carboxylic acids is 1. The maximum atomic E-state index is 12.2. The summed E-state index contributed by atoms with van der Waals surface area (Å²) in [5, 5.41) is 13.7. The van der Waals surface area contributed by atoms with Crippen LogP contribution in [0.4, 0.5) is 5.69 Å². The standard InChI is InChI=1S/C21H29N3O3/c1-12(2)20(25)23-15-5-6-18-16(8-15)17(9-22-18)19(21(26)27)24-10-13(3)7-14(4)11-24/h5-6,8-9,12-14,19,22H,7,10-11H2,1-4H3,(H,23,25)(H,26,27)/t13-,14+,19-/m0/s1. The number of aromatic nitrogens is 1. The molecule has 0 aliphatic carbocycles. The average molecular weight is 371 g/mol. The molecule has 0 spiro atoms. The maximum Gasteiger partial charge on any atom is 0.325 e. The number of benzene rings is 1. The molecule has 3 rings (SSSR count). The number of hydrogen-bond acceptors (Lipinski definition) is 3. The van der Waals surface area contributed by atoms with Crippen molar-refractivity contribution in [2.24, 2.45) is 17.8 Å². The van der Waals surface area contributed by atoms with Crippen molar-refractivity contribution in [1.82, 2.24) is 9.88 Å². The van der Waals surface area contributed by atoms with Gasteiger partial charge in [-0.05, 0) is 36.5 Å². The number of carboxylic acids is 1. The van der Waals surface area contributed by atoms with Gasteiger partial charge >= 0.3 is 5.97 Å². The Hall–Kier alpha value is -2.34. The van der Waals surface area contributed by atoms with Gasteiger partial charge in [-0.1, -0.05) is 27.7 Å². The second-order valence-electron chi connectivity index (χ2n) is 8.29. The quantitative estimate of drug-likeness (QED) is 0.745. The van der Waals surface area contributed by atoms with Gasteiger partial charge in [0, 0.05) is 47.4 Å². The minimum atomic E-state index is -0.839. The van der Waals surface area contributed by atoms with E-state index >= 15 is 0 Å². The van der Waals surface area contributed by atoms with Crippen LogP contribution in [0.25, 0.3) is 10.9 Å². The van der Waals surface area contributed by atoms with Gasteiger partial charge in [0.25, 0.3) is 0 Å². The Morgan fingerprint density at radius 1 is 1.22 bits per heavy atom. The molecule has 6 heteroatoms. The second-order valence-corrected chi connectivity index (χ2v) is 8.29. The molecule has 2 aromatic rings. The lowest BCUT2D eigenvalue weighted by molar-refractivity contribution is -0.144. The van der Waals surface area contributed by atoms with E-state index in [4.69, 9.17) is 0 Å². The number of rotatable bonds is 5. The van der Waals surface area contributed by atoms with Gasteiger partial charge in [0.2, 0.25) is 5.91 Å². The molecule has 27 heavy (non-hydrogen) atoms. The number of carboxylic acid groups (broad SMARTS) is 1. The Bertz CT molecular complexity index is 832. The van der Waals surface area contributed by atoms with Gasteiger partial charge in [-0.15, -0.1) is 0 Å². The van der Waals surface area contributed by atoms with E-state index in [0.717, 1.165) is 36.0 Å². The molecule has 0 bridgehead atoms. The summed E-state index contributed by atoms with van der Waals surface area (Å²) in [5.74, 6) is -0.0633. The lowest BCUT2D eigenvalue weighted by atomic mass is 9.89. The van der Waals surface area contributed by atoms with Crippen LogP contribution in [0.2, 0.25) is 0 Å². The van der Waals surface area contributed by atoms with E-state index in [1.807, 2.05) is 32.0 Å². The number of piperidine rings is 1. The molecule has 1 aliphatic rings. The third-order valence-electron chi connectivity index (χ3n) is 5.30. The number of carbonyl (C=O) groups is 2. The lowest BCUT2D eigenvalue weighted by Crippen LogP contribution is -2.43. The van der Waals surface area contributed by atoms with Gasteiger partial charge in [0.05, 0.1) is 0 Å². The van der Waals surface area contributed by atoms with Gasteiger partial charge < -0.3 is 15.4 Å². The van der Waals surface area contributed by atoms with E-state index in [1.165, 1.54) is 0 Å². The molecule has 2 heterocycles. The Morgan fingerprint density at radius 3 is 2.48 bits per heavy atom. The summed E-state index contributed by atoms with van der Waals surface area (Å²) in [5.41, 5.74) is 2.31. The molecule has 6 nitrogen and oxygen atoms in total. The number of fused-ring (bicyclic) bond motifs is 1. The number of anilines is 1. The van der Waals surface area contributed by atoms with Crippen molar-refractivity contribution >= 4 is 28.5 Å². The first-order valence-corrected chi connectivity index (χ1v) is 9.65. The molecule has 3 atom stereocenters. The summed E-state index contributed by atoms with van der Waals surface area (Å²) in [6.07, 6.45) is 2.92. The molecule has 0 unspecified atom stereocenters. The van der Waals surface area contributed by atoms with Crippen molar-refractivity contribution in [3.63, 3.8) is 0 Å². The van der Waals surface area contributed by atoms with E-state index < -0.39 is 12.0 Å². The van der Waals surface area contributed by atoms with Crippen molar-refractivity contribution in [2.75, 3.05) is 18.4 Å². The third-order valence-corrected chi connectivity index (χ3v) is 5.30. The van der Waals surface area contributed by atoms with Crippen molar-refractivity contribution in [1.29, 1.82) is 0 Å². The van der Waals surface area contributed by atoms with Crippen LogP contribution in [0.1, 0.15) is 45.7 Å². The molecular formula is C21H29N3O3. The van der Waals surface area contributed by atoms with Crippen LogP contribution in [-0.2, 0) is 9.59 Å². The normalized spacial score (nSPS) is 22.1. The largest absolute Gasteiger partial charge is 0.480 e. The molecule has 1 saturated heterocycles. The molecule has 1 amide bonds. The fourth-order valence-electron chi connectivity index (χ4n) is 4.14. The third kappa shape index (κ3) is 4.16. The Labute approximate surface area is 159 Å². The van der Waals surface area contributed by atoms with Gasteiger partial charge in [0.1, 0.15) is 6.04 Å². The molecule has 1 aromatic carbocycles. The van der Waals surface area contributed by atoms with Crippen molar-refractivity contribution in [2.45, 2.75) is 40.2 Å². The van der Waals surface area contributed by atoms with E-state index in [0.29, 0.717) is 17.5 Å². The first kappa shape index (κ1) is 19.4. The highest BCUT2D eigenvalue weighted by Crippen LogP contribution is 2.34. The topological polar surface area (TPSA) is 85.4 Å². The van der Waals surface area contributed by atoms with E-state index in [1.54, 1.807) is 6.20 Å². The predicted molar refractivity (Wildman–Crippen MR) is 107 cm³/mol. The Balaban J connectivity index is 1.97. The number of H-pyrrole nitrogens is 1. The molecule has 1 aliphatic heterocycles. The summed E-state index contributed by atoms with van der Waals surface area (Å²) in [6.45, 7) is 9.59. The zero-order valence-electron chi connectivity index (χ0n) is 16.5. The Morgan fingerprint density at radius 2 is 1.89 bits per heavy atom. The zero-order chi connectivity index (χ0) is 19.7. The smallest absolute Gasteiger partial charge is 0.325 e. The fourth-order valence-corrected chi connectivity index (χ4v) is 4.14. The molecular weight excluding hydrogens is 342 g/mol. The van der Waals surface area contributed by atoms with Gasteiger partial charge in [0.15, 0.2) is 0 Å². The predicted octanol–water partition coefficient (Wildman–Crippen LogP) is 3.87. The molecule has 3 N–H and O–H groups in total. The van der Waals surface area contributed by atoms with Crippen LogP contribution in [0.3, 0.4) is 0 Å². The summed E-state index contributed by atoms with van der Waals surface area (Å²) >= 11 is 0. The molecule has 0 saturated carbocycles. The number of likely N-dealkylation sites (tertiary alicyclic amines) is 1. The molecule has 146 valence electrons. The van der Waals surface area contributed by atoms with E-state index in [2.05, 4.69) is 29.0 Å². The number of aromatic amines is 1. The number of carbonyl (C=O) groups excluding carboxylic acids is 1. The number of nitrogens with one attached hydrogen (secondary N) is 2. The average Bonchev–Trinajstić information content (AvgIpc) is 2.97. The van der Waals surface area contributed by atoms with Crippen LogP contribution in [0.5, 0.6) is 0 Å². The first-order chi connectivity index (χ1) is 12.8. The highest BCUT2D eigenvalue weighted by atomic mass is 16.4. The van der Waals surface area contributed by atoms with E-state index in [-0.39, 0.29) is 11.8 Å². The first-order valence-electron chi connectivity index (χ1n) is 9.65. The van der Waals surface area contributed by atoms with Crippen LogP contribution in [0, 0.1) is 17.8 Å². The van der Waals surface area contributed by atoms with Crippen molar-refractivity contribution in [3.05, 3.63) is 30.0 Å². The fraction of sp³-hybridized carbons (Fsp3) is 0.524.